The van der Waals surface area contributed by atoms with Crippen molar-refractivity contribution in [2.24, 2.45) is 0 Å². The fourth-order valence-electron chi connectivity index (χ4n) is 3.58. The molecule has 138 valence electrons. The predicted octanol–water partition coefficient (Wildman–Crippen LogP) is 4.00. The van der Waals surface area contributed by atoms with Gasteiger partial charge in [0.25, 0.3) is 0 Å². The molecule has 0 saturated carbocycles. The van der Waals surface area contributed by atoms with Gasteiger partial charge in [-0.15, -0.1) is 0 Å². The van der Waals surface area contributed by atoms with Gasteiger partial charge in [0.15, 0.2) is 17.3 Å². The molecule has 1 heterocycles. The number of rotatable bonds is 4. The molecule has 1 aromatic heterocycles. The van der Waals surface area contributed by atoms with E-state index in [1.165, 1.54) is 0 Å². The molecule has 3 aromatic rings. The summed E-state index contributed by atoms with van der Waals surface area (Å²) in [6.45, 7) is 0. The fourth-order valence-corrected chi connectivity index (χ4v) is 3.58. The molecular formula is C21H20N2O4. The number of para-hydroxylation sites is 2. The minimum absolute atomic E-state index is 0.0603. The van der Waals surface area contributed by atoms with Crippen molar-refractivity contribution >= 4 is 22.4 Å². The molecule has 0 spiro atoms. The summed E-state index contributed by atoms with van der Waals surface area (Å²) in [5, 5.41) is 10.6. The first-order valence-electron chi connectivity index (χ1n) is 8.73. The van der Waals surface area contributed by atoms with E-state index in [4.69, 9.17) is 9.47 Å². The first-order chi connectivity index (χ1) is 13.1. The van der Waals surface area contributed by atoms with E-state index < -0.39 is 0 Å². The van der Waals surface area contributed by atoms with Crippen LogP contribution >= 0.6 is 0 Å². The number of aromatic nitrogens is 2. The topological polar surface area (TPSA) is 84.4 Å². The van der Waals surface area contributed by atoms with Gasteiger partial charge in [0.1, 0.15) is 11.6 Å². The smallest absolute Gasteiger partial charge is 0.170 e. The monoisotopic (exact) mass is 364 g/mol. The summed E-state index contributed by atoms with van der Waals surface area (Å²) in [7, 11) is 3.15. The molecular weight excluding hydrogens is 344 g/mol. The van der Waals surface area contributed by atoms with Gasteiger partial charge in [-0.25, -0.2) is 4.98 Å². The zero-order valence-corrected chi connectivity index (χ0v) is 15.2. The number of H-pyrrole nitrogens is 1. The van der Waals surface area contributed by atoms with Gasteiger partial charge in [-0.05, 0) is 35.7 Å². The molecule has 1 unspecified atom stereocenters. The molecule has 0 radical (unpaired) electrons. The molecule has 2 aromatic carbocycles. The summed E-state index contributed by atoms with van der Waals surface area (Å²) >= 11 is 0. The quantitative estimate of drug-likeness (QED) is 0.731. The van der Waals surface area contributed by atoms with Crippen molar-refractivity contribution in [3.05, 3.63) is 59.6 Å². The summed E-state index contributed by atoms with van der Waals surface area (Å²) in [6.07, 6.45) is 0.666. The van der Waals surface area contributed by atoms with Crippen molar-refractivity contribution in [2.75, 3.05) is 14.2 Å². The highest BCUT2D eigenvalue weighted by molar-refractivity contribution is 6.21. The van der Waals surface area contributed by atoms with E-state index in [1.807, 2.05) is 42.5 Å². The average Bonchev–Trinajstić information content (AvgIpc) is 3.10. The number of aliphatic hydroxyl groups excluding tert-OH is 1. The standard InChI is InChI=1S/C21H20N2O4/c1-26-18-8-7-12(11-19(18)27-2)13-9-16(24)20(17(25)10-13)21-22-14-5-3-4-6-15(14)23-21/h3-8,11,13,24H,9-10H2,1-2H3,(H,22,23). The van der Waals surface area contributed by atoms with E-state index >= 15 is 0 Å². The van der Waals surface area contributed by atoms with Gasteiger partial charge in [0, 0.05) is 12.8 Å². The first-order valence-corrected chi connectivity index (χ1v) is 8.73. The van der Waals surface area contributed by atoms with Crippen LogP contribution in [0.15, 0.2) is 48.2 Å². The number of aromatic amines is 1. The number of nitrogens with one attached hydrogen (secondary N) is 1. The van der Waals surface area contributed by atoms with Crippen molar-refractivity contribution in [1.82, 2.24) is 9.97 Å². The van der Waals surface area contributed by atoms with Gasteiger partial charge >= 0.3 is 0 Å². The molecule has 27 heavy (non-hydrogen) atoms. The summed E-state index contributed by atoms with van der Waals surface area (Å²) in [6, 6.07) is 13.1. The largest absolute Gasteiger partial charge is 0.511 e. The maximum Gasteiger partial charge on any atom is 0.170 e. The number of imidazole rings is 1. The molecule has 6 heteroatoms. The SMILES string of the molecule is COc1ccc(C2CC(=O)C(c3nc4ccccc4[nH]3)=C(O)C2)cc1OC. The Labute approximate surface area is 156 Å². The minimum atomic E-state index is -0.127. The first kappa shape index (κ1) is 17.1. The third kappa shape index (κ3) is 3.03. The van der Waals surface area contributed by atoms with Crippen molar-refractivity contribution in [3.63, 3.8) is 0 Å². The molecule has 6 nitrogen and oxygen atoms in total. The Morgan fingerprint density at radius 2 is 1.85 bits per heavy atom. The van der Waals surface area contributed by atoms with Crippen LogP contribution in [0, 0.1) is 0 Å². The van der Waals surface area contributed by atoms with Gasteiger partial charge in [-0.1, -0.05) is 18.2 Å². The van der Waals surface area contributed by atoms with Gasteiger partial charge in [-0.3, -0.25) is 4.79 Å². The second-order valence-electron chi connectivity index (χ2n) is 6.57. The summed E-state index contributed by atoms with van der Waals surface area (Å²) in [5.41, 5.74) is 2.81. The van der Waals surface area contributed by atoms with Crippen LogP contribution in [0.5, 0.6) is 11.5 Å². The Morgan fingerprint density at radius 3 is 2.56 bits per heavy atom. The number of Topliss-reactive ketones (excluding diaryl/α,β-unsaturated/α-hetero) is 1. The third-order valence-corrected chi connectivity index (χ3v) is 4.94. The number of benzene rings is 2. The van der Waals surface area contributed by atoms with Crippen molar-refractivity contribution < 1.29 is 19.4 Å². The van der Waals surface area contributed by atoms with Crippen molar-refractivity contribution in [1.29, 1.82) is 0 Å². The predicted molar refractivity (Wildman–Crippen MR) is 102 cm³/mol. The number of hydrogen-bond acceptors (Lipinski definition) is 5. The van der Waals surface area contributed by atoms with Gasteiger partial charge < -0.3 is 19.6 Å². The Kier molecular flexibility index (Phi) is 4.32. The Morgan fingerprint density at radius 1 is 1.07 bits per heavy atom. The van der Waals surface area contributed by atoms with Gasteiger partial charge in [0.05, 0.1) is 30.8 Å². The molecule has 4 rings (SSSR count). The maximum atomic E-state index is 12.8. The van der Waals surface area contributed by atoms with Crippen LogP contribution < -0.4 is 9.47 Å². The number of allylic oxidation sites excluding steroid dienone is 2. The van der Waals surface area contributed by atoms with Crippen LogP contribution in [-0.2, 0) is 4.79 Å². The van der Waals surface area contributed by atoms with Crippen LogP contribution in [0.25, 0.3) is 16.6 Å². The maximum absolute atomic E-state index is 12.8. The number of aliphatic hydroxyl groups is 1. The highest BCUT2D eigenvalue weighted by Crippen LogP contribution is 2.39. The average molecular weight is 364 g/mol. The van der Waals surface area contributed by atoms with Crippen molar-refractivity contribution in [2.45, 2.75) is 18.8 Å². The Bertz CT molecular complexity index is 1020. The summed E-state index contributed by atoms with van der Waals surface area (Å²) in [5.74, 6) is 1.47. The summed E-state index contributed by atoms with van der Waals surface area (Å²) in [4.78, 5) is 20.4. The highest BCUT2D eigenvalue weighted by Gasteiger charge is 2.31. The lowest BCUT2D eigenvalue weighted by Crippen LogP contribution is -2.18. The van der Waals surface area contributed by atoms with Crippen LogP contribution in [0.4, 0.5) is 0 Å². The normalized spacial score (nSPS) is 17.4. The van der Waals surface area contributed by atoms with Crippen molar-refractivity contribution in [3.8, 4) is 11.5 Å². The number of carbonyl (C=O) groups is 1. The van der Waals surface area contributed by atoms with Crippen LogP contribution in [0.3, 0.4) is 0 Å². The molecule has 0 aliphatic heterocycles. The van der Waals surface area contributed by atoms with E-state index in [-0.39, 0.29) is 23.0 Å². The van der Waals surface area contributed by atoms with Gasteiger partial charge in [-0.2, -0.15) is 0 Å². The molecule has 1 aliphatic rings. The fraction of sp³-hybridized carbons (Fsp3) is 0.238. The highest BCUT2D eigenvalue weighted by atomic mass is 16.5. The third-order valence-electron chi connectivity index (χ3n) is 4.94. The second kappa shape index (κ2) is 6.79. The molecule has 0 fully saturated rings. The zero-order valence-electron chi connectivity index (χ0n) is 15.2. The lowest BCUT2D eigenvalue weighted by Gasteiger charge is -2.23. The van der Waals surface area contributed by atoms with E-state index in [0.717, 1.165) is 16.6 Å². The number of nitrogens with zero attached hydrogens (tertiary/aromatic N) is 1. The zero-order chi connectivity index (χ0) is 19.0. The number of fused-ring (bicyclic) bond motifs is 1. The van der Waals surface area contributed by atoms with E-state index in [9.17, 15) is 9.90 Å². The molecule has 0 bridgehead atoms. The van der Waals surface area contributed by atoms with Gasteiger partial charge in [0.2, 0.25) is 0 Å². The number of hydrogen-bond donors (Lipinski definition) is 2. The number of carbonyl (C=O) groups excluding carboxylic acids is 1. The van der Waals surface area contributed by atoms with Crippen LogP contribution in [-0.4, -0.2) is 35.1 Å². The number of methoxy groups -OCH3 is 2. The van der Waals surface area contributed by atoms with Crippen LogP contribution in [0.2, 0.25) is 0 Å². The minimum Gasteiger partial charge on any atom is -0.511 e. The molecule has 1 aliphatic carbocycles. The van der Waals surface area contributed by atoms with E-state index in [0.29, 0.717) is 30.2 Å². The molecule has 0 amide bonds. The molecule has 1 atom stereocenters. The Balaban J connectivity index is 1.67. The van der Waals surface area contributed by atoms with E-state index in [1.54, 1.807) is 14.2 Å². The molecule has 2 N–H and O–H groups in total. The summed E-state index contributed by atoms with van der Waals surface area (Å²) < 4.78 is 10.6. The number of ether oxygens (including phenoxy) is 2. The number of ketones is 1. The molecule has 0 saturated heterocycles. The van der Waals surface area contributed by atoms with Crippen LogP contribution in [0.1, 0.15) is 30.1 Å². The Hall–Kier alpha value is -3.28. The van der Waals surface area contributed by atoms with E-state index in [2.05, 4.69) is 9.97 Å². The lowest BCUT2D eigenvalue weighted by molar-refractivity contribution is -0.114. The second-order valence-corrected chi connectivity index (χ2v) is 6.57. The lowest BCUT2D eigenvalue weighted by atomic mass is 9.82.